The second kappa shape index (κ2) is 9.54. The average molecular weight is 458 g/mol. The lowest BCUT2D eigenvalue weighted by molar-refractivity contribution is -0.144. The van der Waals surface area contributed by atoms with Crippen LogP contribution in [0.25, 0.3) is 0 Å². The standard InChI is InChI=1S/C16H23BrF3N3O4/c1-4-7-27-14(26)23-6-5-22(15(2,3)12(24)8-17)9-11(23)13(25)21-10-16(18,19)20/h4,11H,1,5-10H2,2-3H3,(H,21,25)/t11-/m0/s1. The maximum atomic E-state index is 12.4. The number of ether oxygens (including phenoxy) is 1. The quantitative estimate of drug-likeness (QED) is 0.465. The lowest BCUT2D eigenvalue weighted by atomic mass is 9.95. The van der Waals surface area contributed by atoms with Gasteiger partial charge < -0.3 is 10.1 Å². The number of Topliss-reactive ketones (excluding diaryl/α,β-unsaturated/α-hetero) is 1. The highest BCUT2D eigenvalue weighted by Crippen LogP contribution is 2.23. The fraction of sp³-hybridized carbons (Fsp3) is 0.688. The Hall–Kier alpha value is -1.62. The monoisotopic (exact) mass is 457 g/mol. The number of ketones is 1. The van der Waals surface area contributed by atoms with E-state index in [9.17, 15) is 27.6 Å². The smallest absolute Gasteiger partial charge is 0.410 e. The van der Waals surface area contributed by atoms with Crippen molar-refractivity contribution in [2.45, 2.75) is 31.6 Å². The topological polar surface area (TPSA) is 79.0 Å². The summed E-state index contributed by atoms with van der Waals surface area (Å²) in [5.74, 6) is -1.12. The third-order valence-corrected chi connectivity index (χ3v) is 4.81. The summed E-state index contributed by atoms with van der Waals surface area (Å²) in [6, 6.07) is -1.22. The number of alkyl halides is 4. The molecule has 7 nitrogen and oxygen atoms in total. The van der Waals surface area contributed by atoms with E-state index in [1.807, 2.05) is 0 Å². The van der Waals surface area contributed by atoms with Crippen LogP contribution in [0.15, 0.2) is 12.7 Å². The Morgan fingerprint density at radius 2 is 1.93 bits per heavy atom. The molecular weight excluding hydrogens is 435 g/mol. The van der Waals surface area contributed by atoms with Gasteiger partial charge in [0.15, 0.2) is 5.78 Å². The number of halogens is 4. The van der Waals surface area contributed by atoms with Crippen molar-refractivity contribution in [3.8, 4) is 0 Å². The normalized spacial score (nSPS) is 18.7. The molecule has 0 saturated carbocycles. The van der Waals surface area contributed by atoms with E-state index in [1.54, 1.807) is 24.1 Å². The van der Waals surface area contributed by atoms with Gasteiger partial charge in [0.05, 0.1) is 10.9 Å². The van der Waals surface area contributed by atoms with Crippen molar-refractivity contribution >= 4 is 33.7 Å². The zero-order chi connectivity index (χ0) is 20.8. The van der Waals surface area contributed by atoms with Crippen LogP contribution in [-0.4, -0.2) is 83.5 Å². The van der Waals surface area contributed by atoms with Crippen LogP contribution in [0.2, 0.25) is 0 Å². The highest BCUT2D eigenvalue weighted by molar-refractivity contribution is 9.09. The molecule has 1 N–H and O–H groups in total. The van der Waals surface area contributed by atoms with Crippen molar-refractivity contribution in [2.75, 3.05) is 38.1 Å². The minimum Gasteiger partial charge on any atom is -0.445 e. The molecule has 0 aliphatic carbocycles. The van der Waals surface area contributed by atoms with E-state index in [1.165, 1.54) is 6.08 Å². The largest absolute Gasteiger partial charge is 0.445 e. The predicted octanol–water partition coefficient (Wildman–Crippen LogP) is 1.72. The van der Waals surface area contributed by atoms with Crippen molar-refractivity contribution in [3.63, 3.8) is 0 Å². The van der Waals surface area contributed by atoms with E-state index in [2.05, 4.69) is 22.5 Å². The lowest BCUT2D eigenvalue weighted by Crippen LogP contribution is -2.66. The Kier molecular flexibility index (Phi) is 8.27. The van der Waals surface area contributed by atoms with Gasteiger partial charge in [-0.15, -0.1) is 0 Å². The number of amides is 2. The molecule has 1 rings (SSSR count). The fourth-order valence-electron chi connectivity index (χ4n) is 2.59. The van der Waals surface area contributed by atoms with Gasteiger partial charge in [-0.3, -0.25) is 19.4 Å². The van der Waals surface area contributed by atoms with Crippen LogP contribution in [0.1, 0.15) is 13.8 Å². The highest BCUT2D eigenvalue weighted by Gasteiger charge is 2.43. The molecule has 0 radical (unpaired) electrons. The summed E-state index contributed by atoms with van der Waals surface area (Å²) in [6.45, 7) is 5.31. The van der Waals surface area contributed by atoms with Crippen molar-refractivity contribution in [1.29, 1.82) is 0 Å². The van der Waals surface area contributed by atoms with Gasteiger partial charge in [-0.25, -0.2) is 4.79 Å². The van der Waals surface area contributed by atoms with E-state index in [0.717, 1.165) is 4.90 Å². The number of carbonyl (C=O) groups excluding carboxylic acids is 3. The Balaban J connectivity index is 3.00. The molecule has 2 amide bonds. The summed E-state index contributed by atoms with van der Waals surface area (Å²) in [5, 5.41) is 1.88. The minimum atomic E-state index is -4.58. The van der Waals surface area contributed by atoms with Crippen LogP contribution in [-0.2, 0) is 14.3 Å². The van der Waals surface area contributed by atoms with Crippen LogP contribution in [0, 0.1) is 0 Å². The molecule has 1 aliphatic rings. The van der Waals surface area contributed by atoms with E-state index < -0.39 is 36.3 Å². The van der Waals surface area contributed by atoms with Gasteiger partial charge in [0.2, 0.25) is 5.91 Å². The Morgan fingerprint density at radius 1 is 1.30 bits per heavy atom. The number of nitrogens with zero attached hydrogens (tertiary/aromatic N) is 2. The molecule has 11 heteroatoms. The van der Waals surface area contributed by atoms with Gasteiger partial charge >= 0.3 is 12.3 Å². The molecule has 0 spiro atoms. The summed E-state index contributed by atoms with van der Waals surface area (Å²) in [6.07, 6.45) is -4.07. The van der Waals surface area contributed by atoms with Crippen LogP contribution < -0.4 is 5.32 Å². The molecule has 1 fully saturated rings. The summed E-state index contributed by atoms with van der Waals surface area (Å²) in [4.78, 5) is 39.4. The maximum Gasteiger partial charge on any atom is 0.410 e. The molecule has 0 bridgehead atoms. The van der Waals surface area contributed by atoms with Crippen molar-refractivity contribution in [3.05, 3.63) is 12.7 Å². The second-order valence-corrected chi connectivity index (χ2v) is 7.03. The molecule has 1 saturated heterocycles. The molecule has 1 atom stereocenters. The molecule has 1 aliphatic heterocycles. The number of nitrogens with one attached hydrogen (secondary N) is 1. The summed E-state index contributed by atoms with van der Waals surface area (Å²) in [5.41, 5.74) is -0.955. The summed E-state index contributed by atoms with van der Waals surface area (Å²) >= 11 is 3.10. The molecule has 154 valence electrons. The first kappa shape index (κ1) is 23.4. The number of hydrogen-bond acceptors (Lipinski definition) is 5. The molecule has 0 aromatic carbocycles. The van der Waals surface area contributed by atoms with Crippen LogP contribution in [0.3, 0.4) is 0 Å². The molecular formula is C16H23BrF3N3O4. The second-order valence-electron chi connectivity index (χ2n) is 6.47. The average Bonchev–Trinajstić information content (AvgIpc) is 2.62. The number of hydrogen-bond donors (Lipinski definition) is 1. The fourth-order valence-corrected chi connectivity index (χ4v) is 3.28. The Bertz CT molecular complexity index is 584. The van der Waals surface area contributed by atoms with Crippen LogP contribution >= 0.6 is 15.9 Å². The van der Waals surface area contributed by atoms with Crippen molar-refractivity contribution < 1.29 is 32.3 Å². The maximum absolute atomic E-state index is 12.4. The van der Waals surface area contributed by atoms with Gasteiger partial charge in [0.25, 0.3) is 0 Å². The molecule has 1 heterocycles. The predicted molar refractivity (Wildman–Crippen MR) is 95.6 cm³/mol. The zero-order valence-corrected chi connectivity index (χ0v) is 16.7. The number of carbonyl (C=O) groups is 3. The van der Waals surface area contributed by atoms with E-state index in [4.69, 9.17) is 4.74 Å². The van der Waals surface area contributed by atoms with E-state index in [-0.39, 0.29) is 37.4 Å². The Morgan fingerprint density at radius 3 is 2.44 bits per heavy atom. The van der Waals surface area contributed by atoms with Gasteiger partial charge in [0.1, 0.15) is 19.2 Å². The number of piperazine rings is 1. The SMILES string of the molecule is C=CCOC(=O)N1CCN(C(C)(C)C(=O)CBr)C[C@H]1C(=O)NCC(F)(F)F. The van der Waals surface area contributed by atoms with Crippen molar-refractivity contribution in [1.82, 2.24) is 15.1 Å². The van der Waals surface area contributed by atoms with Crippen molar-refractivity contribution in [2.24, 2.45) is 0 Å². The van der Waals surface area contributed by atoms with Gasteiger partial charge in [-0.05, 0) is 13.8 Å². The van der Waals surface area contributed by atoms with Crippen LogP contribution in [0.5, 0.6) is 0 Å². The van der Waals surface area contributed by atoms with Gasteiger partial charge in [-0.2, -0.15) is 13.2 Å². The molecule has 0 aromatic rings. The third kappa shape index (κ3) is 6.49. The number of rotatable bonds is 7. The van der Waals surface area contributed by atoms with E-state index in [0.29, 0.717) is 0 Å². The van der Waals surface area contributed by atoms with Gasteiger partial charge in [0, 0.05) is 19.6 Å². The molecule has 0 unspecified atom stereocenters. The van der Waals surface area contributed by atoms with E-state index >= 15 is 0 Å². The zero-order valence-electron chi connectivity index (χ0n) is 15.1. The highest BCUT2D eigenvalue weighted by atomic mass is 79.9. The molecule has 27 heavy (non-hydrogen) atoms. The first-order valence-electron chi connectivity index (χ1n) is 8.17. The minimum absolute atomic E-state index is 0.0269. The van der Waals surface area contributed by atoms with Crippen LogP contribution in [0.4, 0.5) is 18.0 Å². The first-order valence-corrected chi connectivity index (χ1v) is 9.29. The van der Waals surface area contributed by atoms with Gasteiger partial charge in [-0.1, -0.05) is 28.6 Å². The Labute approximate surface area is 164 Å². The summed E-state index contributed by atoms with van der Waals surface area (Å²) in [7, 11) is 0. The summed E-state index contributed by atoms with van der Waals surface area (Å²) < 4.78 is 42.2. The molecule has 0 aromatic heterocycles. The lowest BCUT2D eigenvalue weighted by Gasteiger charge is -2.45. The first-order chi connectivity index (χ1) is 12.4. The third-order valence-electron chi connectivity index (χ3n) is 4.30.